The van der Waals surface area contributed by atoms with Crippen LogP contribution in [0.25, 0.3) is 0 Å². The number of carbonyl (C=O) groups excluding carboxylic acids is 1. The molecule has 1 aliphatic rings. The fourth-order valence-corrected chi connectivity index (χ4v) is 1.90. The van der Waals surface area contributed by atoms with Gasteiger partial charge >= 0.3 is 0 Å². The average molecular weight is 219 g/mol. The van der Waals surface area contributed by atoms with Crippen LogP contribution in [0.1, 0.15) is 12.5 Å². The zero-order chi connectivity index (χ0) is 11.6. The van der Waals surface area contributed by atoms with E-state index in [9.17, 15) is 4.79 Å². The highest BCUT2D eigenvalue weighted by Gasteiger charge is 2.32. The van der Waals surface area contributed by atoms with Crippen molar-refractivity contribution >= 4 is 6.08 Å². The molecule has 1 aromatic carbocycles. The van der Waals surface area contributed by atoms with Gasteiger partial charge in [0.05, 0.1) is 7.11 Å². The second-order valence-electron chi connectivity index (χ2n) is 4.11. The molecule has 1 unspecified atom stereocenters. The molecule has 1 aromatic rings. The summed E-state index contributed by atoms with van der Waals surface area (Å²) in [7, 11) is 1.61. The molecule has 0 aromatic heterocycles. The van der Waals surface area contributed by atoms with E-state index in [-0.39, 0.29) is 0 Å². The van der Waals surface area contributed by atoms with Crippen LogP contribution in [0.2, 0.25) is 0 Å². The summed E-state index contributed by atoms with van der Waals surface area (Å²) in [6.45, 7) is 2.25. The van der Waals surface area contributed by atoms with Crippen LogP contribution in [0.3, 0.4) is 0 Å². The maximum atomic E-state index is 10.3. The van der Waals surface area contributed by atoms with Gasteiger partial charge in [0.15, 0.2) is 11.5 Å². The lowest BCUT2D eigenvalue weighted by Gasteiger charge is -2.30. The third-order valence-corrected chi connectivity index (χ3v) is 2.69. The third kappa shape index (κ3) is 1.79. The normalized spacial score (nSPS) is 22.6. The first kappa shape index (κ1) is 10.7. The highest BCUT2D eigenvalue weighted by molar-refractivity contribution is 5.49. The van der Waals surface area contributed by atoms with Crippen LogP contribution in [0.15, 0.2) is 23.2 Å². The summed E-state index contributed by atoms with van der Waals surface area (Å²) in [5.74, 6) is 1.47. The Morgan fingerprint density at radius 2 is 2.38 bits per heavy atom. The number of hydrogen-bond acceptors (Lipinski definition) is 4. The van der Waals surface area contributed by atoms with E-state index in [0.717, 1.165) is 17.1 Å². The third-order valence-electron chi connectivity index (χ3n) is 2.69. The minimum absolute atomic E-state index is 0.371. The molecule has 16 heavy (non-hydrogen) atoms. The number of benzene rings is 1. The summed E-state index contributed by atoms with van der Waals surface area (Å²) >= 11 is 0. The Morgan fingerprint density at radius 1 is 1.56 bits per heavy atom. The molecule has 0 N–H and O–H groups in total. The van der Waals surface area contributed by atoms with E-state index in [0.29, 0.717) is 13.0 Å². The molecule has 0 spiro atoms. The van der Waals surface area contributed by atoms with Crippen molar-refractivity contribution in [2.24, 2.45) is 4.99 Å². The zero-order valence-corrected chi connectivity index (χ0v) is 9.32. The van der Waals surface area contributed by atoms with E-state index in [2.05, 4.69) is 4.99 Å². The van der Waals surface area contributed by atoms with Crippen molar-refractivity contribution in [1.29, 1.82) is 0 Å². The number of fused-ring (bicyclic) bond motifs is 1. The van der Waals surface area contributed by atoms with Crippen molar-refractivity contribution in [2.75, 3.05) is 13.7 Å². The Hall–Kier alpha value is -1.80. The first-order chi connectivity index (χ1) is 7.68. The van der Waals surface area contributed by atoms with E-state index < -0.39 is 5.54 Å². The summed E-state index contributed by atoms with van der Waals surface area (Å²) in [5.41, 5.74) is 0.494. The van der Waals surface area contributed by atoms with Gasteiger partial charge in [-0.2, -0.15) is 4.99 Å². The molecule has 0 saturated heterocycles. The SMILES string of the molecule is COc1cccc2c1OCC(C)(N=C=O)C2. The fourth-order valence-electron chi connectivity index (χ4n) is 1.90. The average Bonchev–Trinajstić information content (AvgIpc) is 2.27. The molecule has 0 fully saturated rings. The largest absolute Gasteiger partial charge is 0.493 e. The molecule has 1 aliphatic heterocycles. The Morgan fingerprint density at radius 3 is 3.06 bits per heavy atom. The molecule has 1 heterocycles. The van der Waals surface area contributed by atoms with E-state index >= 15 is 0 Å². The summed E-state index contributed by atoms with van der Waals surface area (Å²) in [5, 5.41) is 0. The van der Waals surface area contributed by atoms with E-state index in [1.807, 2.05) is 25.1 Å². The predicted octanol–water partition coefficient (Wildman–Crippen LogP) is 1.72. The Bertz CT molecular complexity index is 452. The van der Waals surface area contributed by atoms with Crippen molar-refractivity contribution in [2.45, 2.75) is 18.9 Å². The molecule has 0 amide bonds. The Balaban J connectivity index is 2.38. The van der Waals surface area contributed by atoms with Gasteiger partial charge in [-0.1, -0.05) is 12.1 Å². The Labute approximate surface area is 93.9 Å². The van der Waals surface area contributed by atoms with Crippen LogP contribution in [-0.2, 0) is 11.2 Å². The van der Waals surface area contributed by atoms with Crippen LogP contribution in [-0.4, -0.2) is 25.3 Å². The molecule has 0 saturated carbocycles. The lowest BCUT2D eigenvalue weighted by molar-refractivity contribution is 0.197. The molecule has 84 valence electrons. The van der Waals surface area contributed by atoms with E-state index in [4.69, 9.17) is 9.47 Å². The van der Waals surface area contributed by atoms with Crippen molar-refractivity contribution in [1.82, 2.24) is 0 Å². The van der Waals surface area contributed by atoms with Crippen molar-refractivity contribution in [3.63, 3.8) is 0 Å². The second kappa shape index (κ2) is 3.99. The lowest BCUT2D eigenvalue weighted by atomic mass is 9.91. The fraction of sp³-hybridized carbons (Fsp3) is 0.417. The molecule has 4 heteroatoms. The predicted molar refractivity (Wildman–Crippen MR) is 58.7 cm³/mol. The first-order valence-corrected chi connectivity index (χ1v) is 5.06. The molecule has 0 bridgehead atoms. The summed E-state index contributed by atoms with van der Waals surface area (Å²) in [4.78, 5) is 14.1. The standard InChI is InChI=1S/C12H13NO3/c1-12(13-8-14)6-9-4-3-5-10(15-2)11(9)16-7-12/h3-5H,6-7H2,1-2H3. The quantitative estimate of drug-likeness (QED) is 0.562. The maximum Gasteiger partial charge on any atom is 0.235 e. The van der Waals surface area contributed by atoms with Gasteiger partial charge in [-0.05, 0) is 13.0 Å². The molecule has 0 radical (unpaired) electrons. The molecular formula is C12H13NO3. The number of methoxy groups -OCH3 is 1. The van der Waals surface area contributed by atoms with Crippen LogP contribution in [0.4, 0.5) is 0 Å². The van der Waals surface area contributed by atoms with Gasteiger partial charge in [0.2, 0.25) is 6.08 Å². The number of aliphatic imine (C=N–C) groups is 1. The van der Waals surface area contributed by atoms with Crippen molar-refractivity contribution < 1.29 is 14.3 Å². The van der Waals surface area contributed by atoms with Gasteiger partial charge in [-0.25, -0.2) is 4.79 Å². The Kier molecular flexibility index (Phi) is 2.67. The van der Waals surface area contributed by atoms with Gasteiger partial charge in [0.1, 0.15) is 12.1 Å². The van der Waals surface area contributed by atoms with E-state index in [1.165, 1.54) is 0 Å². The van der Waals surface area contributed by atoms with Crippen LogP contribution in [0.5, 0.6) is 11.5 Å². The van der Waals surface area contributed by atoms with Crippen molar-refractivity contribution in [3.05, 3.63) is 23.8 Å². The number of isocyanates is 1. The molecule has 1 atom stereocenters. The maximum absolute atomic E-state index is 10.3. The van der Waals surface area contributed by atoms with Gasteiger partial charge < -0.3 is 9.47 Å². The summed E-state index contributed by atoms with van der Waals surface area (Å²) in [6, 6.07) is 5.71. The molecule has 0 aliphatic carbocycles. The van der Waals surface area contributed by atoms with Crippen LogP contribution < -0.4 is 9.47 Å². The van der Waals surface area contributed by atoms with Crippen LogP contribution in [0, 0.1) is 0 Å². The summed E-state index contributed by atoms with van der Waals surface area (Å²) in [6.07, 6.45) is 2.26. The number of rotatable bonds is 2. The highest BCUT2D eigenvalue weighted by Crippen LogP contribution is 2.38. The second-order valence-corrected chi connectivity index (χ2v) is 4.11. The number of nitrogens with zero attached hydrogens (tertiary/aromatic N) is 1. The van der Waals surface area contributed by atoms with E-state index in [1.54, 1.807) is 13.2 Å². The number of hydrogen-bond donors (Lipinski definition) is 0. The monoisotopic (exact) mass is 219 g/mol. The zero-order valence-electron chi connectivity index (χ0n) is 9.32. The topological polar surface area (TPSA) is 47.9 Å². The molecular weight excluding hydrogens is 206 g/mol. The minimum Gasteiger partial charge on any atom is -0.493 e. The van der Waals surface area contributed by atoms with Crippen LogP contribution >= 0.6 is 0 Å². The first-order valence-electron chi connectivity index (χ1n) is 5.06. The smallest absolute Gasteiger partial charge is 0.235 e. The van der Waals surface area contributed by atoms with Crippen molar-refractivity contribution in [3.8, 4) is 11.5 Å². The van der Waals surface area contributed by atoms with Gasteiger partial charge in [0.25, 0.3) is 0 Å². The van der Waals surface area contributed by atoms with Gasteiger partial charge in [-0.15, -0.1) is 0 Å². The number of ether oxygens (including phenoxy) is 2. The summed E-state index contributed by atoms with van der Waals surface area (Å²) < 4.78 is 10.8. The minimum atomic E-state index is -0.513. The van der Waals surface area contributed by atoms with Gasteiger partial charge in [-0.3, -0.25) is 0 Å². The molecule has 4 nitrogen and oxygen atoms in total. The number of para-hydroxylation sites is 1. The highest BCUT2D eigenvalue weighted by atomic mass is 16.5. The van der Waals surface area contributed by atoms with Gasteiger partial charge in [0, 0.05) is 12.0 Å². The lowest BCUT2D eigenvalue weighted by Crippen LogP contribution is -2.36. The molecule has 2 rings (SSSR count).